The highest BCUT2D eigenvalue weighted by atomic mass is 19.1. The predicted molar refractivity (Wildman–Crippen MR) is 76.7 cm³/mol. The third-order valence-electron chi connectivity index (χ3n) is 4.15. The average molecular weight is 265 g/mol. The Balaban J connectivity index is 2.05. The summed E-state index contributed by atoms with van der Waals surface area (Å²) in [6.07, 6.45) is 0.801. The molecule has 19 heavy (non-hydrogen) atoms. The smallest absolute Gasteiger partial charge is 0.123 e. The van der Waals surface area contributed by atoms with E-state index in [1.807, 2.05) is 13.0 Å². The average Bonchev–Trinajstić information content (AvgIpc) is 2.35. The number of hydrogen-bond donors (Lipinski definition) is 1. The van der Waals surface area contributed by atoms with Crippen molar-refractivity contribution in [3.8, 4) is 0 Å². The van der Waals surface area contributed by atoms with E-state index in [0.29, 0.717) is 6.04 Å². The molecule has 1 fully saturated rings. The number of benzene rings is 1. The first-order valence-corrected chi connectivity index (χ1v) is 6.87. The zero-order chi connectivity index (χ0) is 14.0. The lowest BCUT2D eigenvalue weighted by Crippen LogP contribution is -2.58. The van der Waals surface area contributed by atoms with Crippen molar-refractivity contribution in [1.29, 1.82) is 0 Å². The Morgan fingerprint density at radius 2 is 2.11 bits per heavy atom. The van der Waals surface area contributed by atoms with Crippen molar-refractivity contribution in [1.82, 2.24) is 9.80 Å². The van der Waals surface area contributed by atoms with Gasteiger partial charge in [0.15, 0.2) is 0 Å². The number of piperazine rings is 1. The summed E-state index contributed by atoms with van der Waals surface area (Å²) in [6.45, 7) is 5.09. The highest BCUT2D eigenvalue weighted by molar-refractivity contribution is 5.27. The van der Waals surface area contributed by atoms with E-state index in [9.17, 15) is 4.39 Å². The molecule has 3 nitrogen and oxygen atoms in total. The van der Waals surface area contributed by atoms with Crippen molar-refractivity contribution in [2.24, 2.45) is 5.73 Å². The first-order valence-electron chi connectivity index (χ1n) is 6.87. The first-order chi connectivity index (χ1) is 8.97. The Morgan fingerprint density at radius 1 is 1.37 bits per heavy atom. The standard InChI is InChI=1S/C15H24FN3/c1-11-8-13(16)5-4-12(11)9-14(17)15-10-18(2)6-7-19(15)3/h4-5,8,14-15H,6-7,9-10,17H2,1-3H3. The van der Waals surface area contributed by atoms with Gasteiger partial charge in [-0.2, -0.15) is 0 Å². The maximum Gasteiger partial charge on any atom is 0.123 e. The van der Waals surface area contributed by atoms with E-state index in [1.54, 1.807) is 6.07 Å². The molecule has 2 N–H and O–H groups in total. The van der Waals surface area contributed by atoms with Crippen LogP contribution in [0.3, 0.4) is 0 Å². The molecule has 2 unspecified atom stereocenters. The summed E-state index contributed by atoms with van der Waals surface area (Å²) in [5.41, 5.74) is 8.51. The number of nitrogens with two attached hydrogens (primary N) is 1. The first kappa shape index (κ1) is 14.4. The van der Waals surface area contributed by atoms with E-state index in [1.165, 1.54) is 6.07 Å². The molecule has 1 aromatic rings. The van der Waals surface area contributed by atoms with Crippen molar-refractivity contribution in [2.75, 3.05) is 33.7 Å². The Morgan fingerprint density at radius 3 is 2.79 bits per heavy atom. The lowest BCUT2D eigenvalue weighted by Gasteiger charge is -2.40. The molecule has 0 aliphatic carbocycles. The third kappa shape index (κ3) is 3.53. The molecule has 106 valence electrons. The number of rotatable bonds is 3. The SMILES string of the molecule is Cc1cc(F)ccc1CC(N)C1CN(C)CCN1C. The van der Waals surface area contributed by atoms with Crippen LogP contribution in [0.2, 0.25) is 0 Å². The normalized spacial score (nSPS) is 23.5. The van der Waals surface area contributed by atoms with Crippen LogP contribution in [0.15, 0.2) is 18.2 Å². The second kappa shape index (κ2) is 5.99. The van der Waals surface area contributed by atoms with Gasteiger partial charge in [-0.25, -0.2) is 4.39 Å². The molecule has 4 heteroatoms. The van der Waals surface area contributed by atoms with E-state index in [4.69, 9.17) is 5.73 Å². The fourth-order valence-electron chi connectivity index (χ4n) is 2.78. The minimum absolute atomic E-state index is 0.0805. The fraction of sp³-hybridized carbons (Fsp3) is 0.600. The molecule has 0 amide bonds. The van der Waals surface area contributed by atoms with Gasteiger partial charge < -0.3 is 10.6 Å². The molecule has 0 saturated carbocycles. The van der Waals surface area contributed by atoms with E-state index in [0.717, 1.165) is 37.2 Å². The van der Waals surface area contributed by atoms with Crippen LogP contribution in [0.1, 0.15) is 11.1 Å². The Hall–Kier alpha value is -0.970. The van der Waals surface area contributed by atoms with Crippen LogP contribution < -0.4 is 5.73 Å². The molecule has 1 saturated heterocycles. The third-order valence-corrected chi connectivity index (χ3v) is 4.15. The molecule has 1 aliphatic rings. The molecule has 1 heterocycles. The van der Waals surface area contributed by atoms with Gasteiger partial charge in [-0.15, -0.1) is 0 Å². The minimum Gasteiger partial charge on any atom is -0.326 e. The van der Waals surface area contributed by atoms with Gasteiger partial charge in [-0.05, 0) is 50.7 Å². The van der Waals surface area contributed by atoms with Crippen LogP contribution in [0.4, 0.5) is 4.39 Å². The maximum atomic E-state index is 13.1. The zero-order valence-electron chi connectivity index (χ0n) is 12.1. The largest absolute Gasteiger partial charge is 0.326 e. The van der Waals surface area contributed by atoms with Crippen LogP contribution in [0, 0.1) is 12.7 Å². The van der Waals surface area contributed by atoms with Gasteiger partial charge in [0.25, 0.3) is 0 Å². The summed E-state index contributed by atoms with van der Waals surface area (Å²) in [5, 5.41) is 0. The highest BCUT2D eigenvalue weighted by Gasteiger charge is 2.27. The summed E-state index contributed by atoms with van der Waals surface area (Å²) in [6, 6.07) is 5.40. The van der Waals surface area contributed by atoms with Crippen LogP contribution in [-0.4, -0.2) is 55.6 Å². The van der Waals surface area contributed by atoms with E-state index in [-0.39, 0.29) is 11.9 Å². The van der Waals surface area contributed by atoms with Gasteiger partial charge in [0.05, 0.1) is 0 Å². The summed E-state index contributed by atoms with van der Waals surface area (Å²) >= 11 is 0. The van der Waals surface area contributed by atoms with Crippen LogP contribution in [0.5, 0.6) is 0 Å². The molecule has 2 atom stereocenters. The summed E-state index contributed by atoms with van der Waals surface area (Å²) in [4.78, 5) is 4.66. The quantitative estimate of drug-likeness (QED) is 0.893. The molecule has 2 rings (SSSR count). The summed E-state index contributed by atoms with van der Waals surface area (Å²) < 4.78 is 13.1. The zero-order valence-corrected chi connectivity index (χ0v) is 12.1. The van der Waals surface area contributed by atoms with Gasteiger partial charge in [0.1, 0.15) is 5.82 Å². The van der Waals surface area contributed by atoms with Crippen molar-refractivity contribution in [3.63, 3.8) is 0 Å². The second-order valence-electron chi connectivity index (χ2n) is 5.75. The minimum atomic E-state index is -0.177. The van der Waals surface area contributed by atoms with E-state index >= 15 is 0 Å². The molecule has 1 aromatic carbocycles. The van der Waals surface area contributed by atoms with E-state index in [2.05, 4.69) is 23.9 Å². The second-order valence-corrected chi connectivity index (χ2v) is 5.75. The van der Waals surface area contributed by atoms with Crippen LogP contribution >= 0.6 is 0 Å². The van der Waals surface area contributed by atoms with Crippen LogP contribution in [-0.2, 0) is 6.42 Å². The molecular formula is C15H24FN3. The van der Waals surface area contributed by atoms with Crippen molar-refractivity contribution in [2.45, 2.75) is 25.4 Å². The van der Waals surface area contributed by atoms with E-state index < -0.39 is 0 Å². The van der Waals surface area contributed by atoms with Gasteiger partial charge in [0, 0.05) is 31.7 Å². The van der Waals surface area contributed by atoms with Crippen molar-refractivity contribution < 1.29 is 4.39 Å². The monoisotopic (exact) mass is 265 g/mol. The van der Waals surface area contributed by atoms with Crippen molar-refractivity contribution >= 4 is 0 Å². The number of aryl methyl sites for hydroxylation is 1. The highest BCUT2D eigenvalue weighted by Crippen LogP contribution is 2.16. The predicted octanol–water partition coefficient (Wildman–Crippen LogP) is 1.25. The van der Waals surface area contributed by atoms with Gasteiger partial charge in [-0.3, -0.25) is 4.90 Å². The molecule has 1 aliphatic heterocycles. The molecule has 0 spiro atoms. The molecular weight excluding hydrogens is 241 g/mol. The Bertz CT molecular complexity index is 435. The van der Waals surface area contributed by atoms with Gasteiger partial charge >= 0.3 is 0 Å². The molecule has 0 aromatic heterocycles. The topological polar surface area (TPSA) is 32.5 Å². The summed E-state index contributed by atoms with van der Waals surface area (Å²) in [7, 11) is 4.27. The summed E-state index contributed by atoms with van der Waals surface area (Å²) in [5.74, 6) is -0.177. The van der Waals surface area contributed by atoms with Gasteiger partial charge in [0.2, 0.25) is 0 Å². The lowest BCUT2D eigenvalue weighted by molar-refractivity contribution is 0.0973. The lowest BCUT2D eigenvalue weighted by atomic mass is 9.95. The molecule has 0 bridgehead atoms. The van der Waals surface area contributed by atoms with Gasteiger partial charge in [-0.1, -0.05) is 6.07 Å². The number of likely N-dealkylation sites (N-methyl/N-ethyl adjacent to an activating group) is 2. The fourth-order valence-corrected chi connectivity index (χ4v) is 2.78. The Kier molecular flexibility index (Phi) is 4.55. The number of halogens is 1. The maximum absolute atomic E-state index is 13.1. The number of nitrogens with zero attached hydrogens (tertiary/aromatic N) is 2. The van der Waals surface area contributed by atoms with Crippen LogP contribution in [0.25, 0.3) is 0 Å². The molecule has 0 radical (unpaired) electrons. The van der Waals surface area contributed by atoms with Crippen molar-refractivity contribution in [3.05, 3.63) is 35.1 Å². The Labute approximate surface area is 115 Å². The number of hydrogen-bond acceptors (Lipinski definition) is 3.